The number of hydrogen-bond acceptors (Lipinski definition) is 5. The molecule has 0 saturated carbocycles. The normalized spacial score (nSPS) is 18.3. The maximum absolute atomic E-state index is 12.0. The topological polar surface area (TPSA) is 58.4 Å². The van der Waals surface area contributed by atoms with E-state index in [1.165, 1.54) is 4.90 Å². The SMILES string of the molecule is O=C(OCC[NH+]1CCOCC1)c1ccc2c(c1)OCCO2. The molecule has 2 heterocycles. The zero-order valence-electron chi connectivity index (χ0n) is 11.9. The highest BCUT2D eigenvalue weighted by Crippen LogP contribution is 2.30. The fourth-order valence-electron chi connectivity index (χ4n) is 2.45. The Labute approximate surface area is 123 Å². The lowest BCUT2D eigenvalue weighted by Crippen LogP contribution is -3.14. The Hall–Kier alpha value is -1.79. The third kappa shape index (κ3) is 3.65. The van der Waals surface area contributed by atoms with Crippen LogP contribution < -0.4 is 14.4 Å². The first-order chi connectivity index (χ1) is 10.3. The quantitative estimate of drug-likeness (QED) is 0.761. The molecule has 0 aliphatic carbocycles. The summed E-state index contributed by atoms with van der Waals surface area (Å²) in [6.45, 7) is 5.80. The van der Waals surface area contributed by atoms with Crippen molar-refractivity contribution < 1.29 is 28.6 Å². The summed E-state index contributed by atoms with van der Waals surface area (Å²) in [7, 11) is 0. The molecule has 1 fully saturated rings. The Bertz CT molecular complexity index is 499. The molecule has 114 valence electrons. The molecule has 1 aromatic rings. The predicted molar refractivity (Wildman–Crippen MR) is 74.1 cm³/mol. The molecule has 0 unspecified atom stereocenters. The van der Waals surface area contributed by atoms with Crippen molar-refractivity contribution in [3.8, 4) is 11.5 Å². The minimum atomic E-state index is -0.320. The first-order valence-electron chi connectivity index (χ1n) is 7.31. The standard InChI is InChI=1S/C15H19NO5/c17-15(21-8-5-16-3-6-18-7-4-16)12-1-2-13-14(11-12)20-10-9-19-13/h1-2,11H,3-10H2/p+1. The number of esters is 1. The van der Waals surface area contributed by atoms with Gasteiger partial charge >= 0.3 is 5.97 Å². The summed E-state index contributed by atoms with van der Waals surface area (Å²) in [6, 6.07) is 5.13. The van der Waals surface area contributed by atoms with Crippen LogP contribution in [0.5, 0.6) is 11.5 Å². The molecule has 2 aliphatic heterocycles. The van der Waals surface area contributed by atoms with Gasteiger partial charge in [-0.25, -0.2) is 4.79 Å². The van der Waals surface area contributed by atoms with E-state index in [0.717, 1.165) is 32.8 Å². The van der Waals surface area contributed by atoms with Gasteiger partial charge < -0.3 is 23.8 Å². The molecule has 3 rings (SSSR count). The van der Waals surface area contributed by atoms with Crippen molar-refractivity contribution in [3.63, 3.8) is 0 Å². The lowest BCUT2D eigenvalue weighted by Gasteiger charge is -2.23. The highest BCUT2D eigenvalue weighted by Gasteiger charge is 2.17. The number of morpholine rings is 1. The highest BCUT2D eigenvalue weighted by molar-refractivity contribution is 5.90. The Kier molecular flexibility index (Phi) is 4.57. The van der Waals surface area contributed by atoms with Crippen molar-refractivity contribution >= 4 is 5.97 Å². The van der Waals surface area contributed by atoms with Crippen LogP contribution in [0.15, 0.2) is 18.2 Å². The monoisotopic (exact) mass is 294 g/mol. The van der Waals surface area contributed by atoms with E-state index in [1.54, 1.807) is 18.2 Å². The number of ether oxygens (including phenoxy) is 4. The average Bonchev–Trinajstić information content (AvgIpc) is 2.55. The van der Waals surface area contributed by atoms with Crippen molar-refractivity contribution in [1.82, 2.24) is 0 Å². The van der Waals surface area contributed by atoms with Crippen LogP contribution >= 0.6 is 0 Å². The maximum Gasteiger partial charge on any atom is 0.338 e. The Morgan fingerprint density at radius 3 is 2.67 bits per heavy atom. The second-order valence-corrected chi connectivity index (χ2v) is 5.11. The first-order valence-corrected chi connectivity index (χ1v) is 7.31. The van der Waals surface area contributed by atoms with Crippen LogP contribution in [0, 0.1) is 0 Å². The van der Waals surface area contributed by atoms with Crippen LogP contribution in [0.1, 0.15) is 10.4 Å². The molecule has 0 amide bonds. The summed E-state index contributed by atoms with van der Waals surface area (Å²) in [5.74, 6) is 0.963. The lowest BCUT2D eigenvalue weighted by atomic mass is 10.2. The van der Waals surface area contributed by atoms with Crippen molar-refractivity contribution in [3.05, 3.63) is 23.8 Å². The van der Waals surface area contributed by atoms with Crippen molar-refractivity contribution in [2.75, 3.05) is 52.7 Å². The van der Waals surface area contributed by atoms with Crippen molar-refractivity contribution in [1.29, 1.82) is 0 Å². The van der Waals surface area contributed by atoms with E-state index < -0.39 is 0 Å². The number of fused-ring (bicyclic) bond motifs is 1. The number of carbonyl (C=O) groups excluding carboxylic acids is 1. The van der Waals surface area contributed by atoms with E-state index in [-0.39, 0.29) is 5.97 Å². The zero-order chi connectivity index (χ0) is 14.5. The Balaban J connectivity index is 1.50. The minimum absolute atomic E-state index is 0.320. The molecule has 2 aliphatic rings. The zero-order valence-corrected chi connectivity index (χ0v) is 11.9. The first kappa shape index (κ1) is 14.2. The molecule has 6 nitrogen and oxygen atoms in total. The summed E-state index contributed by atoms with van der Waals surface area (Å²) < 4.78 is 21.5. The van der Waals surface area contributed by atoms with Gasteiger partial charge in [0.1, 0.15) is 39.5 Å². The number of rotatable bonds is 4. The molecular formula is C15H20NO5+. The summed E-state index contributed by atoms with van der Waals surface area (Å²) in [4.78, 5) is 13.4. The maximum atomic E-state index is 12.0. The predicted octanol–water partition coefficient (Wildman–Crippen LogP) is -0.470. The largest absolute Gasteiger partial charge is 0.486 e. The van der Waals surface area contributed by atoms with E-state index in [9.17, 15) is 4.79 Å². The van der Waals surface area contributed by atoms with Crippen LogP contribution in [0.3, 0.4) is 0 Å². The highest BCUT2D eigenvalue weighted by atomic mass is 16.6. The van der Waals surface area contributed by atoms with Crippen LogP contribution in [0.4, 0.5) is 0 Å². The van der Waals surface area contributed by atoms with Gasteiger partial charge in [0.25, 0.3) is 0 Å². The van der Waals surface area contributed by atoms with Gasteiger partial charge in [0.2, 0.25) is 0 Å². The van der Waals surface area contributed by atoms with Gasteiger partial charge in [-0.05, 0) is 18.2 Å². The second kappa shape index (κ2) is 6.78. The average molecular weight is 294 g/mol. The van der Waals surface area contributed by atoms with E-state index in [1.807, 2.05) is 0 Å². The van der Waals surface area contributed by atoms with Gasteiger partial charge in [0, 0.05) is 0 Å². The summed E-state index contributed by atoms with van der Waals surface area (Å²) >= 11 is 0. The minimum Gasteiger partial charge on any atom is -0.486 e. The molecule has 6 heteroatoms. The molecule has 0 spiro atoms. The van der Waals surface area contributed by atoms with Gasteiger partial charge in [-0.1, -0.05) is 0 Å². The number of quaternary nitrogens is 1. The van der Waals surface area contributed by atoms with Gasteiger partial charge in [-0.3, -0.25) is 0 Å². The van der Waals surface area contributed by atoms with E-state index in [4.69, 9.17) is 18.9 Å². The smallest absolute Gasteiger partial charge is 0.338 e. The van der Waals surface area contributed by atoms with Gasteiger partial charge in [0.05, 0.1) is 18.8 Å². The van der Waals surface area contributed by atoms with Crippen LogP contribution in [0.25, 0.3) is 0 Å². The molecule has 21 heavy (non-hydrogen) atoms. The summed E-state index contributed by atoms with van der Waals surface area (Å²) in [5.41, 5.74) is 0.497. The fraction of sp³-hybridized carbons (Fsp3) is 0.533. The van der Waals surface area contributed by atoms with Gasteiger partial charge in [-0.2, -0.15) is 0 Å². The summed E-state index contributed by atoms with van der Waals surface area (Å²) in [6.07, 6.45) is 0. The number of benzene rings is 1. The second-order valence-electron chi connectivity index (χ2n) is 5.11. The third-order valence-electron chi connectivity index (χ3n) is 3.67. The van der Waals surface area contributed by atoms with Crippen LogP contribution in [-0.2, 0) is 9.47 Å². The Morgan fingerprint density at radius 2 is 1.86 bits per heavy atom. The number of carbonyl (C=O) groups is 1. The van der Waals surface area contributed by atoms with Gasteiger partial charge in [-0.15, -0.1) is 0 Å². The summed E-state index contributed by atoms with van der Waals surface area (Å²) in [5, 5.41) is 0. The molecule has 1 aromatic carbocycles. The van der Waals surface area contributed by atoms with E-state index >= 15 is 0 Å². The number of nitrogens with one attached hydrogen (secondary N) is 1. The van der Waals surface area contributed by atoms with Gasteiger partial charge in [0.15, 0.2) is 11.5 Å². The molecular weight excluding hydrogens is 274 g/mol. The molecule has 1 saturated heterocycles. The number of hydrogen-bond donors (Lipinski definition) is 1. The fourth-order valence-corrected chi connectivity index (χ4v) is 2.45. The molecule has 0 bridgehead atoms. The van der Waals surface area contributed by atoms with Crippen LogP contribution in [0.2, 0.25) is 0 Å². The van der Waals surface area contributed by atoms with Crippen LogP contribution in [-0.4, -0.2) is 58.6 Å². The third-order valence-corrected chi connectivity index (χ3v) is 3.67. The lowest BCUT2D eigenvalue weighted by molar-refractivity contribution is -0.908. The Morgan fingerprint density at radius 1 is 1.10 bits per heavy atom. The molecule has 0 aromatic heterocycles. The van der Waals surface area contributed by atoms with E-state index in [2.05, 4.69) is 0 Å². The van der Waals surface area contributed by atoms with Crippen molar-refractivity contribution in [2.24, 2.45) is 0 Å². The molecule has 0 atom stereocenters. The molecule has 0 radical (unpaired) electrons. The van der Waals surface area contributed by atoms with Crippen molar-refractivity contribution in [2.45, 2.75) is 0 Å². The molecule has 1 N–H and O–H groups in total. The van der Waals surface area contributed by atoms with E-state index in [0.29, 0.717) is 36.9 Å².